The number of hydrogen-bond donors (Lipinski definition) is 3. The van der Waals surface area contributed by atoms with Crippen LogP contribution in [0.25, 0.3) is 0 Å². The predicted octanol–water partition coefficient (Wildman–Crippen LogP) is 3.17. The van der Waals surface area contributed by atoms with Crippen LogP contribution in [0.2, 0.25) is 0 Å². The van der Waals surface area contributed by atoms with Crippen LogP contribution in [0.3, 0.4) is 0 Å². The number of likely N-dealkylation sites (N-methyl/N-ethyl adjacent to an activating group) is 1. The van der Waals surface area contributed by atoms with E-state index in [0.29, 0.717) is 23.2 Å². The molecule has 0 saturated heterocycles. The Balaban J connectivity index is 1.57. The van der Waals surface area contributed by atoms with Crippen molar-refractivity contribution in [3.63, 3.8) is 0 Å². The van der Waals surface area contributed by atoms with Crippen molar-refractivity contribution in [3.05, 3.63) is 30.1 Å². The van der Waals surface area contributed by atoms with E-state index in [9.17, 15) is 9.59 Å². The van der Waals surface area contributed by atoms with Crippen LogP contribution in [-0.4, -0.2) is 70.7 Å². The van der Waals surface area contributed by atoms with Gasteiger partial charge in [0.1, 0.15) is 11.6 Å². The number of aromatic nitrogens is 3. The molecule has 2 aromatic heterocycles. The van der Waals surface area contributed by atoms with E-state index in [0.717, 1.165) is 18.5 Å². The molecule has 37 heavy (non-hydrogen) atoms. The van der Waals surface area contributed by atoms with Gasteiger partial charge in [0.15, 0.2) is 5.82 Å². The number of carbonyl (C=O) groups is 2. The second-order valence-electron chi connectivity index (χ2n) is 9.83. The van der Waals surface area contributed by atoms with Gasteiger partial charge in [0.05, 0.1) is 30.8 Å². The first-order valence-corrected chi connectivity index (χ1v) is 12.1. The van der Waals surface area contributed by atoms with E-state index in [4.69, 9.17) is 9.47 Å². The molecule has 1 aliphatic rings. The van der Waals surface area contributed by atoms with Crippen LogP contribution in [-0.2, 0) is 9.53 Å². The summed E-state index contributed by atoms with van der Waals surface area (Å²) in [5.74, 6) is 7.87. The number of amides is 2. The lowest BCUT2D eigenvalue weighted by Crippen LogP contribution is -2.52. The summed E-state index contributed by atoms with van der Waals surface area (Å²) in [5.41, 5.74) is 0.761. The molecule has 2 heterocycles. The van der Waals surface area contributed by atoms with E-state index in [1.165, 1.54) is 4.90 Å². The summed E-state index contributed by atoms with van der Waals surface area (Å²) in [7, 11) is 4.86. The Hall–Kier alpha value is -4.07. The zero-order chi connectivity index (χ0) is 27.2. The van der Waals surface area contributed by atoms with Gasteiger partial charge in [0, 0.05) is 32.1 Å². The van der Waals surface area contributed by atoms with Crippen molar-refractivity contribution in [2.24, 2.45) is 5.92 Å². The fourth-order valence-corrected chi connectivity index (χ4v) is 3.42. The highest BCUT2D eigenvalue weighted by Gasteiger charge is 2.32. The topological polar surface area (TPSA) is 131 Å². The summed E-state index contributed by atoms with van der Waals surface area (Å²) in [6.07, 6.45) is 4.23. The minimum atomic E-state index is -0.649. The largest absolute Gasteiger partial charge is 0.481 e. The normalized spacial score (nSPS) is 17.3. The molecule has 1 saturated carbocycles. The summed E-state index contributed by atoms with van der Waals surface area (Å²) in [6, 6.07) is 2.95. The van der Waals surface area contributed by atoms with E-state index in [2.05, 4.69) is 42.7 Å². The molecule has 0 aromatic carbocycles. The number of nitrogens with zero attached hydrogens (tertiary/aromatic N) is 4. The lowest BCUT2D eigenvalue weighted by atomic mass is 9.80. The second kappa shape index (κ2) is 11.8. The molecule has 0 spiro atoms. The monoisotopic (exact) mass is 509 g/mol. The van der Waals surface area contributed by atoms with Crippen molar-refractivity contribution in [1.29, 1.82) is 0 Å². The Labute approximate surface area is 217 Å². The number of nitrogens with one attached hydrogen (secondary N) is 3. The molecule has 198 valence electrons. The minimum Gasteiger partial charge on any atom is -0.481 e. The van der Waals surface area contributed by atoms with Crippen LogP contribution in [0.5, 0.6) is 5.88 Å². The number of anilines is 3. The molecule has 0 unspecified atom stereocenters. The predicted molar refractivity (Wildman–Crippen MR) is 141 cm³/mol. The Bertz CT molecular complexity index is 1160. The lowest BCUT2D eigenvalue weighted by molar-refractivity contribution is -0.126. The molecule has 11 nitrogen and oxygen atoms in total. The molecule has 1 fully saturated rings. The van der Waals surface area contributed by atoms with Gasteiger partial charge in [-0.05, 0) is 46.6 Å². The third-order valence-corrected chi connectivity index (χ3v) is 5.76. The number of hydrogen-bond acceptors (Lipinski definition) is 9. The molecule has 2 amide bonds. The van der Waals surface area contributed by atoms with E-state index in [1.54, 1.807) is 67.4 Å². The van der Waals surface area contributed by atoms with Crippen molar-refractivity contribution in [2.45, 2.75) is 58.2 Å². The highest BCUT2D eigenvalue weighted by atomic mass is 16.6. The van der Waals surface area contributed by atoms with E-state index >= 15 is 0 Å². The zero-order valence-electron chi connectivity index (χ0n) is 22.4. The third kappa shape index (κ3) is 7.70. The summed E-state index contributed by atoms with van der Waals surface area (Å²) in [4.78, 5) is 39.1. The zero-order valence-corrected chi connectivity index (χ0v) is 22.4. The van der Waals surface area contributed by atoms with Crippen molar-refractivity contribution < 1.29 is 19.1 Å². The highest BCUT2D eigenvalue weighted by Crippen LogP contribution is 2.27. The average molecular weight is 510 g/mol. The Morgan fingerprint density at radius 1 is 1.19 bits per heavy atom. The van der Waals surface area contributed by atoms with E-state index in [1.807, 2.05) is 6.07 Å². The summed E-state index contributed by atoms with van der Waals surface area (Å²) >= 11 is 0. The first-order chi connectivity index (χ1) is 17.5. The number of carbonyl (C=O) groups excluding carboxylic acids is 2. The number of pyridine rings is 1. The molecular weight excluding hydrogens is 474 g/mol. The molecule has 11 heteroatoms. The van der Waals surface area contributed by atoms with Gasteiger partial charge in [0.25, 0.3) is 0 Å². The van der Waals surface area contributed by atoms with Gasteiger partial charge in [-0.25, -0.2) is 14.8 Å². The molecule has 1 aliphatic carbocycles. The quantitative estimate of drug-likeness (QED) is 0.482. The molecule has 1 atom stereocenters. The molecule has 2 aromatic rings. The smallest absolute Gasteiger partial charge is 0.410 e. The second-order valence-corrected chi connectivity index (χ2v) is 9.83. The first-order valence-electron chi connectivity index (χ1n) is 12.1. The maximum atomic E-state index is 12.6. The highest BCUT2D eigenvalue weighted by molar-refractivity contribution is 5.85. The van der Waals surface area contributed by atoms with Gasteiger partial charge < -0.3 is 25.4 Å². The maximum absolute atomic E-state index is 12.6. The molecule has 3 N–H and O–H groups in total. The Kier molecular flexibility index (Phi) is 8.76. The van der Waals surface area contributed by atoms with Crippen molar-refractivity contribution >= 4 is 29.5 Å². The van der Waals surface area contributed by atoms with Gasteiger partial charge in [-0.3, -0.25) is 9.69 Å². The Morgan fingerprint density at radius 2 is 1.92 bits per heavy atom. The van der Waals surface area contributed by atoms with Crippen LogP contribution in [0.4, 0.5) is 22.2 Å². The van der Waals surface area contributed by atoms with E-state index < -0.39 is 17.7 Å². The number of ether oxygens (including phenoxy) is 2. The summed E-state index contributed by atoms with van der Waals surface area (Å²) < 4.78 is 10.4. The number of rotatable bonds is 7. The van der Waals surface area contributed by atoms with Crippen LogP contribution >= 0.6 is 0 Å². The molecule has 0 bridgehead atoms. The Morgan fingerprint density at radius 3 is 2.51 bits per heavy atom. The molecule has 0 aliphatic heterocycles. The van der Waals surface area contributed by atoms with Crippen LogP contribution in [0, 0.1) is 17.8 Å². The summed E-state index contributed by atoms with van der Waals surface area (Å²) in [5, 5.41) is 9.15. The van der Waals surface area contributed by atoms with Crippen molar-refractivity contribution in [1.82, 2.24) is 25.2 Å². The van der Waals surface area contributed by atoms with Gasteiger partial charge in [-0.2, -0.15) is 4.98 Å². The summed E-state index contributed by atoms with van der Waals surface area (Å²) in [6.45, 7) is 7.04. The van der Waals surface area contributed by atoms with Gasteiger partial charge >= 0.3 is 6.09 Å². The van der Waals surface area contributed by atoms with E-state index in [-0.39, 0.29) is 17.9 Å². The van der Waals surface area contributed by atoms with Gasteiger partial charge in [-0.1, -0.05) is 11.8 Å². The average Bonchev–Trinajstić information content (AvgIpc) is 2.84. The van der Waals surface area contributed by atoms with Crippen molar-refractivity contribution in [2.75, 3.05) is 31.8 Å². The maximum Gasteiger partial charge on any atom is 0.410 e. The third-order valence-electron chi connectivity index (χ3n) is 5.76. The van der Waals surface area contributed by atoms with Gasteiger partial charge in [-0.15, -0.1) is 0 Å². The van der Waals surface area contributed by atoms with Gasteiger partial charge in [0.2, 0.25) is 17.7 Å². The minimum absolute atomic E-state index is 0.00664. The SMILES string of the molecule is CNc1ncc(C#C[C@H]2C[C@@H](NC(=O)[C@H](C)N(C)C(=O)OC(C)(C)C)C2)c(Nc2ccc(OC)nc2)n1. The molecule has 0 radical (unpaired) electrons. The fraction of sp³-hybridized carbons (Fsp3) is 0.500. The fourth-order valence-electron chi connectivity index (χ4n) is 3.42. The van der Waals surface area contributed by atoms with Crippen LogP contribution in [0.1, 0.15) is 46.1 Å². The van der Waals surface area contributed by atoms with Crippen LogP contribution in [0.15, 0.2) is 24.5 Å². The molecular formula is C26H35N7O4. The molecule has 3 rings (SSSR count). The lowest BCUT2D eigenvalue weighted by Gasteiger charge is -2.34. The first kappa shape index (κ1) is 27.5. The standard InChI is InChI=1S/C26H35N7O4/c1-16(33(6)25(35)37-26(2,3)4)23(34)31-20-12-17(13-20)8-9-18-14-29-24(27-5)32-22(18)30-19-10-11-21(36-7)28-15-19/h10-11,14-17,20H,12-13H2,1-7H3,(H,31,34)(H2,27,29,30,32)/t16-,17-,20+/m0/s1. The van der Waals surface area contributed by atoms with Crippen molar-refractivity contribution in [3.8, 4) is 17.7 Å². The van der Waals surface area contributed by atoms with Crippen LogP contribution < -0.4 is 20.7 Å². The number of methoxy groups -OCH3 is 1.